The van der Waals surface area contributed by atoms with Crippen molar-refractivity contribution in [3.63, 3.8) is 0 Å². The number of aliphatic hydroxyl groups is 1. The maximum Gasteiger partial charge on any atom is 0.238 e. The molecule has 146 valence electrons. The Hall–Kier alpha value is -2.88. The molecule has 0 spiro atoms. The lowest BCUT2D eigenvalue weighted by Crippen LogP contribution is -2.66. The Morgan fingerprint density at radius 2 is 1.89 bits per heavy atom. The average molecular weight is 379 g/mol. The zero-order chi connectivity index (χ0) is 20.3. The Morgan fingerprint density at radius 1 is 1.21 bits per heavy atom. The summed E-state index contributed by atoms with van der Waals surface area (Å²) >= 11 is 0. The molecule has 1 amide bonds. The number of hydrogen-bond acceptors (Lipinski definition) is 5. The van der Waals surface area contributed by atoms with Gasteiger partial charge in [-0.1, -0.05) is 42.5 Å². The van der Waals surface area contributed by atoms with E-state index in [-0.39, 0.29) is 31.0 Å². The van der Waals surface area contributed by atoms with E-state index in [0.717, 1.165) is 22.4 Å². The van der Waals surface area contributed by atoms with Gasteiger partial charge in [0.1, 0.15) is 11.8 Å². The summed E-state index contributed by atoms with van der Waals surface area (Å²) < 4.78 is 5.43. The number of carbonyl (C=O) groups is 1. The van der Waals surface area contributed by atoms with Crippen LogP contribution in [-0.2, 0) is 4.79 Å². The molecular formula is C22H25N3O3. The van der Waals surface area contributed by atoms with Gasteiger partial charge >= 0.3 is 0 Å². The first-order valence-corrected chi connectivity index (χ1v) is 9.21. The molecule has 1 aliphatic rings. The fourth-order valence-electron chi connectivity index (χ4n) is 3.87. The van der Waals surface area contributed by atoms with Crippen LogP contribution in [0.1, 0.15) is 11.5 Å². The first-order valence-electron chi connectivity index (χ1n) is 9.21. The maximum atomic E-state index is 12.5. The van der Waals surface area contributed by atoms with E-state index in [2.05, 4.69) is 6.07 Å². The number of nitriles is 1. The van der Waals surface area contributed by atoms with E-state index >= 15 is 0 Å². The fourth-order valence-corrected chi connectivity index (χ4v) is 3.87. The molecule has 0 bridgehead atoms. The Morgan fingerprint density at radius 3 is 2.46 bits per heavy atom. The second-order valence-corrected chi connectivity index (χ2v) is 7.21. The Kier molecular flexibility index (Phi) is 5.98. The molecular weight excluding hydrogens is 354 g/mol. The number of ether oxygens (including phenoxy) is 1. The smallest absolute Gasteiger partial charge is 0.238 e. The normalized spacial score (nSPS) is 21.1. The summed E-state index contributed by atoms with van der Waals surface area (Å²) in [6.07, 6.45) is 0. The minimum Gasteiger partial charge on any atom is -0.496 e. The molecule has 0 saturated carbocycles. The third kappa shape index (κ3) is 3.59. The third-order valence-electron chi connectivity index (χ3n) is 5.18. The van der Waals surface area contributed by atoms with Gasteiger partial charge in [-0.05, 0) is 31.3 Å². The van der Waals surface area contributed by atoms with Gasteiger partial charge in [-0.25, -0.2) is 0 Å². The standard InChI is InChI=1S/C22H25N3O3/c1-24(2)13-21(27)25-18(12-23)22(19(25)14-26)16-10-8-15(9-11-16)17-6-4-5-7-20(17)28-3/h4-11,18-19,22,26H,13-14H2,1-3H3/t18-,19+,22-/m1/s1. The average Bonchev–Trinajstić information content (AvgIpc) is 2.68. The highest BCUT2D eigenvalue weighted by molar-refractivity contribution is 5.81. The van der Waals surface area contributed by atoms with Crippen molar-refractivity contribution in [1.82, 2.24) is 9.80 Å². The molecule has 0 radical (unpaired) electrons. The number of hydrogen-bond donors (Lipinski definition) is 1. The highest BCUT2D eigenvalue weighted by Gasteiger charge is 2.51. The van der Waals surface area contributed by atoms with Crippen LogP contribution >= 0.6 is 0 Å². The summed E-state index contributed by atoms with van der Waals surface area (Å²) in [7, 11) is 5.26. The summed E-state index contributed by atoms with van der Waals surface area (Å²) in [6.45, 7) is 0.0460. The number of likely N-dealkylation sites (N-methyl/N-ethyl adjacent to an activating group) is 1. The highest BCUT2D eigenvalue weighted by atomic mass is 16.5. The SMILES string of the molecule is COc1ccccc1-c1ccc([C@@H]2[C@@H](C#N)N(C(=O)CN(C)C)[C@H]2CO)cc1. The molecule has 6 nitrogen and oxygen atoms in total. The number of carbonyl (C=O) groups excluding carboxylic acids is 1. The van der Waals surface area contributed by atoms with Crippen molar-refractivity contribution in [3.05, 3.63) is 54.1 Å². The van der Waals surface area contributed by atoms with Crippen molar-refractivity contribution in [2.45, 2.75) is 18.0 Å². The van der Waals surface area contributed by atoms with E-state index in [0.29, 0.717) is 0 Å². The number of aliphatic hydroxyl groups excluding tert-OH is 1. The van der Waals surface area contributed by atoms with Crippen LogP contribution in [-0.4, -0.2) is 67.3 Å². The molecule has 3 atom stereocenters. The van der Waals surface area contributed by atoms with Gasteiger partial charge in [-0.15, -0.1) is 0 Å². The summed E-state index contributed by atoms with van der Waals surface area (Å²) in [5.41, 5.74) is 2.94. The van der Waals surface area contributed by atoms with E-state index in [1.165, 1.54) is 4.90 Å². The topological polar surface area (TPSA) is 76.8 Å². The molecule has 1 fully saturated rings. The zero-order valence-electron chi connectivity index (χ0n) is 16.4. The molecule has 2 aromatic carbocycles. The minimum atomic E-state index is -0.568. The summed E-state index contributed by atoms with van der Waals surface area (Å²) in [5, 5.41) is 19.5. The molecule has 3 rings (SSSR count). The molecule has 28 heavy (non-hydrogen) atoms. The van der Waals surface area contributed by atoms with E-state index in [9.17, 15) is 15.2 Å². The third-order valence-corrected chi connectivity index (χ3v) is 5.18. The Balaban J connectivity index is 1.85. The number of likely N-dealkylation sites (tertiary alicyclic amines) is 1. The molecule has 2 aromatic rings. The van der Waals surface area contributed by atoms with Crippen molar-refractivity contribution in [1.29, 1.82) is 5.26 Å². The van der Waals surface area contributed by atoms with Gasteiger partial charge in [0, 0.05) is 11.5 Å². The Bertz CT molecular complexity index is 873. The molecule has 1 aliphatic heterocycles. The number of nitrogens with zero attached hydrogens (tertiary/aromatic N) is 3. The molecule has 1 heterocycles. The number of amides is 1. The quantitative estimate of drug-likeness (QED) is 0.832. The maximum absolute atomic E-state index is 12.5. The fraction of sp³-hybridized carbons (Fsp3) is 0.364. The molecule has 0 unspecified atom stereocenters. The van der Waals surface area contributed by atoms with E-state index in [1.807, 2.05) is 48.5 Å². The van der Waals surface area contributed by atoms with Crippen LogP contribution in [0.15, 0.2) is 48.5 Å². The predicted octanol–water partition coefficient (Wildman–Crippen LogP) is 2.10. The second kappa shape index (κ2) is 8.42. The molecule has 6 heteroatoms. The zero-order valence-corrected chi connectivity index (χ0v) is 16.4. The van der Waals surface area contributed by atoms with Crippen LogP contribution in [0, 0.1) is 11.3 Å². The number of rotatable bonds is 6. The molecule has 0 aromatic heterocycles. The lowest BCUT2D eigenvalue weighted by atomic mass is 9.75. The molecule has 1 saturated heterocycles. The van der Waals surface area contributed by atoms with Crippen molar-refractivity contribution in [3.8, 4) is 22.9 Å². The van der Waals surface area contributed by atoms with Gasteiger partial charge in [-0.3, -0.25) is 4.79 Å². The number of benzene rings is 2. The predicted molar refractivity (Wildman–Crippen MR) is 107 cm³/mol. The lowest BCUT2D eigenvalue weighted by molar-refractivity contribution is -0.147. The molecule has 0 aliphatic carbocycles. The van der Waals surface area contributed by atoms with Gasteiger partial charge in [-0.2, -0.15) is 5.26 Å². The molecule has 1 N–H and O–H groups in total. The summed E-state index contributed by atoms with van der Waals surface area (Å²) in [4.78, 5) is 15.7. The minimum absolute atomic E-state index is 0.141. The van der Waals surface area contributed by atoms with Crippen molar-refractivity contribution >= 4 is 5.91 Å². The van der Waals surface area contributed by atoms with Gasteiger partial charge < -0.3 is 19.6 Å². The van der Waals surface area contributed by atoms with E-state index in [4.69, 9.17) is 4.74 Å². The summed E-state index contributed by atoms with van der Waals surface area (Å²) in [6, 6.07) is 17.0. The van der Waals surface area contributed by atoms with Crippen molar-refractivity contribution in [2.24, 2.45) is 0 Å². The van der Waals surface area contributed by atoms with Gasteiger partial charge in [0.2, 0.25) is 5.91 Å². The van der Waals surface area contributed by atoms with Crippen molar-refractivity contribution < 1.29 is 14.6 Å². The van der Waals surface area contributed by atoms with Crippen molar-refractivity contribution in [2.75, 3.05) is 34.4 Å². The van der Waals surface area contributed by atoms with Gasteiger partial charge in [0.05, 0.1) is 32.4 Å². The van der Waals surface area contributed by atoms with E-state index < -0.39 is 6.04 Å². The number of methoxy groups -OCH3 is 1. The highest BCUT2D eigenvalue weighted by Crippen LogP contribution is 2.41. The first kappa shape index (κ1) is 19.9. The number of para-hydroxylation sites is 1. The van der Waals surface area contributed by atoms with Crippen LogP contribution in [0.5, 0.6) is 5.75 Å². The van der Waals surface area contributed by atoms with Crippen LogP contribution in [0.4, 0.5) is 0 Å². The first-order chi connectivity index (χ1) is 13.5. The monoisotopic (exact) mass is 379 g/mol. The Labute approximate surface area is 165 Å². The van der Waals surface area contributed by atoms with Crippen LogP contribution in [0.3, 0.4) is 0 Å². The lowest BCUT2D eigenvalue weighted by Gasteiger charge is -2.51. The van der Waals surface area contributed by atoms with Gasteiger partial charge in [0.15, 0.2) is 0 Å². The summed E-state index contributed by atoms with van der Waals surface area (Å²) in [5.74, 6) is 0.452. The van der Waals surface area contributed by atoms with E-state index in [1.54, 1.807) is 26.1 Å². The second-order valence-electron chi connectivity index (χ2n) is 7.21. The van der Waals surface area contributed by atoms with Gasteiger partial charge in [0.25, 0.3) is 0 Å². The van der Waals surface area contributed by atoms with Crippen LogP contribution < -0.4 is 4.74 Å². The van der Waals surface area contributed by atoms with Crippen LogP contribution in [0.25, 0.3) is 11.1 Å². The van der Waals surface area contributed by atoms with Crippen LogP contribution in [0.2, 0.25) is 0 Å². The largest absolute Gasteiger partial charge is 0.496 e.